The Labute approximate surface area is 136 Å². The van der Waals surface area contributed by atoms with Crippen molar-refractivity contribution in [1.82, 2.24) is 0 Å². The van der Waals surface area contributed by atoms with Crippen LogP contribution in [0.3, 0.4) is 0 Å². The zero-order chi connectivity index (χ0) is 16.9. The molecule has 0 saturated heterocycles. The highest BCUT2D eigenvalue weighted by Crippen LogP contribution is 2.35. The normalized spacial score (nSPS) is 13.3. The quantitative estimate of drug-likeness (QED) is 0.665. The molecule has 2 heteroatoms. The van der Waals surface area contributed by atoms with Crippen LogP contribution in [-0.2, 0) is 10.2 Å². The third-order valence-corrected chi connectivity index (χ3v) is 3.88. The summed E-state index contributed by atoms with van der Waals surface area (Å²) in [5.41, 5.74) is 2.59. The van der Waals surface area contributed by atoms with Crippen molar-refractivity contribution in [3.8, 4) is 5.75 Å². The molecule has 0 aliphatic heterocycles. The first-order valence-corrected chi connectivity index (χ1v) is 8.38. The molecule has 0 bridgehead atoms. The highest BCUT2D eigenvalue weighted by Gasteiger charge is 2.21. The monoisotopic (exact) mass is 304 g/mol. The van der Waals surface area contributed by atoms with Gasteiger partial charge in [0.25, 0.3) is 0 Å². The van der Waals surface area contributed by atoms with Crippen molar-refractivity contribution in [2.75, 3.05) is 6.61 Å². The highest BCUT2D eigenvalue weighted by atomic mass is 16.5. The number of ether oxygens (including phenoxy) is 1. The topological polar surface area (TPSA) is 26.3 Å². The molecule has 0 fully saturated rings. The fraction of sp³-hybridized carbons (Fsp3) is 0.650. The van der Waals surface area contributed by atoms with E-state index in [1.54, 1.807) is 6.92 Å². The Morgan fingerprint density at radius 1 is 1.18 bits per heavy atom. The summed E-state index contributed by atoms with van der Waals surface area (Å²) >= 11 is 0. The molecule has 124 valence electrons. The molecule has 0 saturated carbocycles. The van der Waals surface area contributed by atoms with Crippen LogP contribution in [0.1, 0.15) is 78.4 Å². The van der Waals surface area contributed by atoms with Gasteiger partial charge in [-0.15, -0.1) is 0 Å². The third-order valence-electron chi connectivity index (χ3n) is 3.88. The smallest absolute Gasteiger partial charge is 0.129 e. The summed E-state index contributed by atoms with van der Waals surface area (Å²) in [4.78, 5) is 11.2. The van der Waals surface area contributed by atoms with Gasteiger partial charge in [0.1, 0.15) is 11.5 Å². The lowest BCUT2D eigenvalue weighted by molar-refractivity contribution is -0.117. The number of carbonyl (C=O) groups excluding carboxylic acids is 1. The van der Waals surface area contributed by atoms with Crippen LogP contribution in [0.15, 0.2) is 18.2 Å². The third kappa shape index (κ3) is 5.82. The molecular formula is C20H32O2. The molecule has 1 aromatic carbocycles. The van der Waals surface area contributed by atoms with Gasteiger partial charge in [0.2, 0.25) is 0 Å². The molecular weight excluding hydrogens is 272 g/mol. The molecule has 0 aliphatic carbocycles. The van der Waals surface area contributed by atoms with E-state index in [9.17, 15) is 4.79 Å². The Kier molecular flexibility index (Phi) is 6.65. The van der Waals surface area contributed by atoms with Gasteiger partial charge in [0.05, 0.1) is 6.61 Å². The van der Waals surface area contributed by atoms with Crippen molar-refractivity contribution in [2.45, 2.75) is 72.6 Å². The predicted octanol–water partition coefficient (Wildman–Crippen LogP) is 5.49. The summed E-state index contributed by atoms with van der Waals surface area (Å²) in [7, 11) is 0. The van der Waals surface area contributed by atoms with E-state index in [0.717, 1.165) is 18.8 Å². The van der Waals surface area contributed by atoms with Gasteiger partial charge in [-0.25, -0.2) is 0 Å². The maximum absolute atomic E-state index is 11.2. The van der Waals surface area contributed by atoms with E-state index in [1.165, 1.54) is 11.1 Å². The van der Waals surface area contributed by atoms with E-state index >= 15 is 0 Å². The van der Waals surface area contributed by atoms with Gasteiger partial charge in [0, 0.05) is 6.42 Å². The molecule has 0 aromatic heterocycles. The number of ketones is 1. The van der Waals surface area contributed by atoms with Crippen LogP contribution in [-0.4, -0.2) is 12.4 Å². The first kappa shape index (κ1) is 18.7. The van der Waals surface area contributed by atoms with Gasteiger partial charge in [-0.1, -0.05) is 53.7 Å². The molecule has 0 amide bonds. The minimum Gasteiger partial charge on any atom is -0.493 e. The summed E-state index contributed by atoms with van der Waals surface area (Å²) in [6.07, 6.45) is 1.56. The summed E-state index contributed by atoms with van der Waals surface area (Å²) in [5, 5.41) is 0. The fourth-order valence-electron chi connectivity index (χ4n) is 2.41. The summed E-state index contributed by atoms with van der Waals surface area (Å²) in [5.74, 6) is 2.16. The van der Waals surface area contributed by atoms with Crippen LogP contribution >= 0.6 is 0 Å². The second-order valence-corrected chi connectivity index (χ2v) is 7.85. The molecule has 0 N–H and O–H groups in total. The fourth-order valence-corrected chi connectivity index (χ4v) is 2.41. The van der Waals surface area contributed by atoms with Crippen LogP contribution in [0.5, 0.6) is 5.75 Å². The predicted molar refractivity (Wildman–Crippen MR) is 93.8 cm³/mol. The number of benzene rings is 1. The Bertz CT molecular complexity index is 495. The maximum Gasteiger partial charge on any atom is 0.129 e. The van der Waals surface area contributed by atoms with E-state index in [2.05, 4.69) is 59.7 Å². The summed E-state index contributed by atoms with van der Waals surface area (Å²) in [6, 6.07) is 6.51. The Hall–Kier alpha value is -1.31. The molecule has 1 rings (SSSR count). The van der Waals surface area contributed by atoms with E-state index in [0.29, 0.717) is 18.3 Å². The molecule has 22 heavy (non-hydrogen) atoms. The van der Waals surface area contributed by atoms with E-state index in [1.807, 2.05) is 0 Å². The molecule has 0 heterocycles. The molecule has 0 radical (unpaired) electrons. The second kappa shape index (κ2) is 7.80. The Morgan fingerprint density at radius 2 is 1.82 bits per heavy atom. The molecule has 1 atom stereocenters. The average Bonchev–Trinajstić information content (AvgIpc) is 2.41. The number of hydrogen-bond donors (Lipinski definition) is 0. The molecule has 1 aromatic rings. The van der Waals surface area contributed by atoms with Gasteiger partial charge < -0.3 is 9.53 Å². The first-order chi connectivity index (χ1) is 10.1. The van der Waals surface area contributed by atoms with Crippen LogP contribution in [0, 0.1) is 5.92 Å². The van der Waals surface area contributed by atoms with E-state index < -0.39 is 0 Å². The largest absolute Gasteiger partial charge is 0.493 e. The van der Waals surface area contributed by atoms with E-state index in [4.69, 9.17) is 4.74 Å². The Morgan fingerprint density at radius 3 is 2.32 bits per heavy atom. The summed E-state index contributed by atoms with van der Waals surface area (Å²) < 4.78 is 6.00. The molecule has 1 unspecified atom stereocenters. The molecule has 0 spiro atoms. The lowest BCUT2D eigenvalue weighted by atomic mass is 9.83. The van der Waals surface area contributed by atoms with Crippen molar-refractivity contribution in [3.63, 3.8) is 0 Å². The van der Waals surface area contributed by atoms with Gasteiger partial charge >= 0.3 is 0 Å². The second-order valence-electron chi connectivity index (χ2n) is 7.85. The van der Waals surface area contributed by atoms with Crippen LogP contribution in [0.2, 0.25) is 0 Å². The average molecular weight is 304 g/mol. The lowest BCUT2D eigenvalue weighted by Crippen LogP contribution is -2.16. The number of rotatable bonds is 7. The van der Waals surface area contributed by atoms with Crippen molar-refractivity contribution in [2.24, 2.45) is 5.92 Å². The maximum atomic E-state index is 11.2. The minimum atomic E-state index is 0.0443. The van der Waals surface area contributed by atoms with E-state index in [-0.39, 0.29) is 11.2 Å². The van der Waals surface area contributed by atoms with Crippen molar-refractivity contribution < 1.29 is 9.53 Å². The first-order valence-electron chi connectivity index (χ1n) is 8.38. The van der Waals surface area contributed by atoms with Crippen LogP contribution in [0.25, 0.3) is 0 Å². The standard InChI is InChI=1S/C20H32O2/c1-14(2)13-22-19-11-10-17(12-18(19)20(5,6)7)15(3)8-9-16(4)21/h10-12,14-15H,8-9,13H2,1-7H3. The highest BCUT2D eigenvalue weighted by molar-refractivity contribution is 5.75. The molecule has 0 aliphatic rings. The zero-order valence-corrected chi connectivity index (χ0v) is 15.3. The van der Waals surface area contributed by atoms with Gasteiger partial charge in [-0.3, -0.25) is 0 Å². The van der Waals surface area contributed by atoms with Crippen LogP contribution < -0.4 is 4.74 Å². The van der Waals surface area contributed by atoms with Crippen molar-refractivity contribution in [3.05, 3.63) is 29.3 Å². The van der Waals surface area contributed by atoms with Crippen molar-refractivity contribution in [1.29, 1.82) is 0 Å². The Balaban J connectivity index is 3.01. The number of hydrogen-bond acceptors (Lipinski definition) is 2. The van der Waals surface area contributed by atoms with Gasteiger partial charge in [-0.2, -0.15) is 0 Å². The SMILES string of the molecule is CC(=O)CCC(C)c1ccc(OCC(C)C)c(C(C)(C)C)c1. The van der Waals surface area contributed by atoms with Crippen LogP contribution in [0.4, 0.5) is 0 Å². The lowest BCUT2D eigenvalue weighted by Gasteiger charge is -2.25. The number of carbonyl (C=O) groups is 1. The summed E-state index contributed by atoms with van der Waals surface area (Å²) in [6.45, 7) is 15.6. The zero-order valence-electron chi connectivity index (χ0n) is 15.3. The molecule has 2 nitrogen and oxygen atoms in total. The van der Waals surface area contributed by atoms with Gasteiger partial charge in [-0.05, 0) is 47.8 Å². The number of Topliss-reactive ketones (excluding diaryl/α,β-unsaturated/α-hetero) is 1. The van der Waals surface area contributed by atoms with Gasteiger partial charge in [0.15, 0.2) is 0 Å². The van der Waals surface area contributed by atoms with Crippen molar-refractivity contribution >= 4 is 5.78 Å². The minimum absolute atomic E-state index is 0.0443.